The lowest BCUT2D eigenvalue weighted by Crippen LogP contribution is -2.09. The number of benzene rings is 2. The van der Waals surface area contributed by atoms with Crippen molar-refractivity contribution in [2.75, 3.05) is 12.4 Å². The summed E-state index contributed by atoms with van der Waals surface area (Å²) in [6.45, 7) is 2.05. The van der Waals surface area contributed by atoms with Crippen molar-refractivity contribution in [1.82, 2.24) is 0 Å². The van der Waals surface area contributed by atoms with E-state index in [0.29, 0.717) is 0 Å². The van der Waals surface area contributed by atoms with Gasteiger partial charge in [0.05, 0.1) is 13.2 Å². The second-order valence-corrected chi connectivity index (χ2v) is 5.35. The molecule has 0 aliphatic rings. The predicted octanol–water partition coefficient (Wildman–Crippen LogP) is 5.76. The molecule has 0 aliphatic carbocycles. The molecule has 1 N–H and O–H groups in total. The van der Waals surface area contributed by atoms with E-state index in [1.54, 1.807) is 7.11 Å². The van der Waals surface area contributed by atoms with Gasteiger partial charge in [-0.25, -0.2) is 0 Å². The van der Waals surface area contributed by atoms with Gasteiger partial charge in [-0.3, -0.25) is 0 Å². The Hall–Kier alpha value is -2.48. The Morgan fingerprint density at radius 3 is 2.35 bits per heavy atom. The summed E-state index contributed by atoms with van der Waals surface area (Å²) in [6, 6.07) is 18.9. The molecule has 0 bridgehead atoms. The van der Waals surface area contributed by atoms with Crippen molar-refractivity contribution in [3.8, 4) is 5.75 Å². The van der Waals surface area contributed by atoms with Crippen LogP contribution in [0.4, 0.5) is 5.69 Å². The Morgan fingerprint density at radius 1 is 0.957 bits per heavy atom. The van der Waals surface area contributed by atoms with E-state index < -0.39 is 0 Å². The molecule has 0 aliphatic heterocycles. The quantitative estimate of drug-likeness (QED) is 0.626. The van der Waals surface area contributed by atoms with Crippen LogP contribution in [0.1, 0.15) is 31.4 Å². The molecule has 0 spiro atoms. The molecule has 0 radical (unpaired) electrons. The molecule has 2 rings (SSSR count). The van der Waals surface area contributed by atoms with Gasteiger partial charge in [0.2, 0.25) is 0 Å². The van der Waals surface area contributed by atoms with E-state index in [1.807, 2.05) is 19.1 Å². The van der Waals surface area contributed by atoms with E-state index in [1.165, 1.54) is 5.56 Å². The Labute approximate surface area is 139 Å². The summed E-state index contributed by atoms with van der Waals surface area (Å²) >= 11 is 0. The third kappa shape index (κ3) is 5.67. The van der Waals surface area contributed by atoms with E-state index in [2.05, 4.69) is 72.1 Å². The van der Waals surface area contributed by atoms with Gasteiger partial charge >= 0.3 is 0 Å². The van der Waals surface area contributed by atoms with Gasteiger partial charge in [0.25, 0.3) is 0 Å². The maximum absolute atomic E-state index is 5.22. The average Bonchev–Trinajstić information content (AvgIpc) is 2.62. The standard InChI is InChI=1S/C21H25NO/c1-3-4-5-6-10-13-21(18-11-8-7-9-12-18)22-19-14-16-20(23-2)17-15-19/h3-4,6-12,14-17,21-22H,5,13H2,1-2H3/b4-3-,10-6+. The van der Waals surface area contributed by atoms with Crippen LogP contribution in [0.5, 0.6) is 5.75 Å². The number of nitrogens with one attached hydrogen (secondary N) is 1. The van der Waals surface area contributed by atoms with Crippen LogP contribution >= 0.6 is 0 Å². The summed E-state index contributed by atoms with van der Waals surface area (Å²) in [6.07, 6.45) is 10.6. The molecule has 0 saturated carbocycles. The number of methoxy groups -OCH3 is 1. The van der Waals surface area contributed by atoms with E-state index in [9.17, 15) is 0 Å². The van der Waals surface area contributed by atoms with Gasteiger partial charge in [-0.1, -0.05) is 54.6 Å². The number of rotatable bonds is 8. The maximum atomic E-state index is 5.22. The minimum absolute atomic E-state index is 0.256. The molecule has 0 aromatic heterocycles. The lowest BCUT2D eigenvalue weighted by Gasteiger charge is -2.19. The van der Waals surface area contributed by atoms with E-state index in [4.69, 9.17) is 4.74 Å². The number of allylic oxidation sites excluding steroid dienone is 3. The van der Waals surface area contributed by atoms with Crippen LogP contribution in [-0.2, 0) is 0 Å². The summed E-state index contributed by atoms with van der Waals surface area (Å²) in [5.41, 5.74) is 2.39. The number of hydrogen-bond acceptors (Lipinski definition) is 2. The fourth-order valence-corrected chi connectivity index (χ4v) is 2.40. The number of ether oxygens (including phenoxy) is 1. The van der Waals surface area contributed by atoms with Crippen LogP contribution in [0, 0.1) is 0 Å². The Balaban J connectivity index is 2.07. The molecule has 120 valence electrons. The minimum Gasteiger partial charge on any atom is -0.497 e. The summed E-state index contributed by atoms with van der Waals surface area (Å²) in [5, 5.41) is 3.61. The highest BCUT2D eigenvalue weighted by Gasteiger charge is 2.09. The summed E-state index contributed by atoms with van der Waals surface area (Å²) in [4.78, 5) is 0. The van der Waals surface area contributed by atoms with Crippen molar-refractivity contribution < 1.29 is 4.74 Å². The van der Waals surface area contributed by atoms with E-state index in [0.717, 1.165) is 24.3 Å². The molecule has 2 heteroatoms. The first-order chi connectivity index (χ1) is 11.3. The third-order valence-corrected chi connectivity index (χ3v) is 3.68. The SMILES string of the molecule is C/C=C\C/C=C/CC(Nc1ccc(OC)cc1)c1ccccc1. The van der Waals surface area contributed by atoms with Crippen molar-refractivity contribution in [3.05, 3.63) is 84.5 Å². The van der Waals surface area contributed by atoms with Gasteiger partial charge in [-0.05, 0) is 49.6 Å². The van der Waals surface area contributed by atoms with Crippen LogP contribution in [0.15, 0.2) is 78.9 Å². The highest BCUT2D eigenvalue weighted by atomic mass is 16.5. The molecule has 1 unspecified atom stereocenters. The topological polar surface area (TPSA) is 21.3 Å². The number of hydrogen-bond donors (Lipinski definition) is 1. The molecule has 0 fully saturated rings. The fourth-order valence-electron chi connectivity index (χ4n) is 2.40. The van der Waals surface area contributed by atoms with Crippen LogP contribution in [-0.4, -0.2) is 7.11 Å². The van der Waals surface area contributed by atoms with Gasteiger partial charge in [0.15, 0.2) is 0 Å². The molecule has 23 heavy (non-hydrogen) atoms. The third-order valence-electron chi connectivity index (χ3n) is 3.68. The molecular formula is C21H25NO. The molecule has 0 amide bonds. The molecular weight excluding hydrogens is 282 g/mol. The van der Waals surface area contributed by atoms with E-state index in [-0.39, 0.29) is 6.04 Å². The lowest BCUT2D eigenvalue weighted by atomic mass is 10.0. The van der Waals surface area contributed by atoms with Gasteiger partial charge in [-0.15, -0.1) is 0 Å². The minimum atomic E-state index is 0.256. The first-order valence-electron chi connectivity index (χ1n) is 8.05. The van der Waals surface area contributed by atoms with Gasteiger partial charge in [-0.2, -0.15) is 0 Å². The molecule has 1 atom stereocenters. The monoisotopic (exact) mass is 307 g/mol. The zero-order valence-corrected chi connectivity index (χ0v) is 13.9. The van der Waals surface area contributed by atoms with Crippen molar-refractivity contribution in [2.45, 2.75) is 25.8 Å². The maximum Gasteiger partial charge on any atom is 0.119 e. The van der Waals surface area contributed by atoms with Crippen molar-refractivity contribution >= 4 is 5.69 Å². The Bertz CT molecular complexity index is 614. The molecule has 0 saturated heterocycles. The summed E-state index contributed by atoms with van der Waals surface area (Å²) in [7, 11) is 1.69. The first-order valence-corrected chi connectivity index (χ1v) is 8.05. The second kappa shape index (κ2) is 9.52. The predicted molar refractivity (Wildman–Crippen MR) is 99.0 cm³/mol. The van der Waals surface area contributed by atoms with Gasteiger partial charge < -0.3 is 10.1 Å². The lowest BCUT2D eigenvalue weighted by molar-refractivity contribution is 0.415. The fraction of sp³-hybridized carbons (Fsp3) is 0.238. The highest BCUT2D eigenvalue weighted by molar-refractivity contribution is 5.48. The highest BCUT2D eigenvalue weighted by Crippen LogP contribution is 2.24. The van der Waals surface area contributed by atoms with Crippen LogP contribution in [0.25, 0.3) is 0 Å². The van der Waals surface area contributed by atoms with E-state index >= 15 is 0 Å². The molecule has 2 aromatic carbocycles. The van der Waals surface area contributed by atoms with Crippen molar-refractivity contribution in [3.63, 3.8) is 0 Å². The second-order valence-electron chi connectivity index (χ2n) is 5.35. The largest absolute Gasteiger partial charge is 0.497 e. The Kier molecular flexibility index (Phi) is 6.99. The zero-order chi connectivity index (χ0) is 16.3. The number of anilines is 1. The average molecular weight is 307 g/mol. The zero-order valence-electron chi connectivity index (χ0n) is 13.9. The smallest absolute Gasteiger partial charge is 0.119 e. The van der Waals surface area contributed by atoms with Crippen LogP contribution in [0.3, 0.4) is 0 Å². The summed E-state index contributed by atoms with van der Waals surface area (Å²) < 4.78 is 5.22. The van der Waals surface area contributed by atoms with Gasteiger partial charge in [0, 0.05) is 5.69 Å². The first kappa shape index (κ1) is 16.9. The van der Waals surface area contributed by atoms with Crippen molar-refractivity contribution in [1.29, 1.82) is 0 Å². The molecule has 2 aromatic rings. The molecule has 0 heterocycles. The normalized spacial score (nSPS) is 12.6. The van der Waals surface area contributed by atoms with Crippen LogP contribution < -0.4 is 10.1 Å². The Morgan fingerprint density at radius 2 is 1.70 bits per heavy atom. The van der Waals surface area contributed by atoms with Gasteiger partial charge in [0.1, 0.15) is 5.75 Å². The van der Waals surface area contributed by atoms with Crippen LogP contribution in [0.2, 0.25) is 0 Å². The summed E-state index contributed by atoms with van der Waals surface area (Å²) in [5.74, 6) is 0.873. The van der Waals surface area contributed by atoms with Crippen molar-refractivity contribution in [2.24, 2.45) is 0 Å². The molecule has 2 nitrogen and oxygen atoms in total.